The standard InChI is InChI=1S/C11H18N4/c12-9-3-4-11(15-8-9)14-7-5-10-2-1-6-13-10/h3-4,8,10,13H,1-2,5-7,12H2,(H,14,15). The molecule has 1 aliphatic rings. The van der Waals surface area contributed by atoms with Crippen molar-refractivity contribution in [3.63, 3.8) is 0 Å². The van der Waals surface area contributed by atoms with Crippen molar-refractivity contribution in [2.45, 2.75) is 25.3 Å². The summed E-state index contributed by atoms with van der Waals surface area (Å²) >= 11 is 0. The van der Waals surface area contributed by atoms with Crippen LogP contribution in [0.25, 0.3) is 0 Å². The highest BCUT2D eigenvalue weighted by Gasteiger charge is 2.12. The van der Waals surface area contributed by atoms with E-state index in [9.17, 15) is 0 Å². The van der Waals surface area contributed by atoms with Gasteiger partial charge in [0.05, 0.1) is 11.9 Å². The number of nitrogens with zero attached hydrogens (tertiary/aromatic N) is 1. The van der Waals surface area contributed by atoms with Crippen molar-refractivity contribution >= 4 is 11.5 Å². The van der Waals surface area contributed by atoms with Crippen LogP contribution in [-0.2, 0) is 0 Å². The molecule has 2 heterocycles. The number of nitrogens with one attached hydrogen (secondary N) is 2. The first-order valence-electron chi connectivity index (χ1n) is 5.53. The van der Waals surface area contributed by atoms with Crippen molar-refractivity contribution in [3.8, 4) is 0 Å². The Kier molecular flexibility index (Phi) is 3.40. The molecule has 1 aromatic rings. The van der Waals surface area contributed by atoms with Crippen LogP contribution in [0.5, 0.6) is 0 Å². The van der Waals surface area contributed by atoms with Crippen molar-refractivity contribution in [2.75, 3.05) is 24.1 Å². The van der Waals surface area contributed by atoms with Crippen LogP contribution < -0.4 is 16.4 Å². The second-order valence-corrected chi connectivity index (χ2v) is 3.99. The molecular weight excluding hydrogens is 188 g/mol. The maximum atomic E-state index is 5.55. The summed E-state index contributed by atoms with van der Waals surface area (Å²) in [4.78, 5) is 4.19. The molecule has 0 aliphatic carbocycles. The quantitative estimate of drug-likeness (QED) is 0.693. The average Bonchev–Trinajstić information content (AvgIpc) is 2.74. The Bertz CT molecular complexity index is 290. The van der Waals surface area contributed by atoms with Gasteiger partial charge in [0.15, 0.2) is 0 Å². The number of hydrogen-bond acceptors (Lipinski definition) is 4. The molecule has 2 rings (SSSR count). The zero-order valence-corrected chi connectivity index (χ0v) is 8.87. The van der Waals surface area contributed by atoms with E-state index in [0.29, 0.717) is 11.7 Å². The van der Waals surface area contributed by atoms with E-state index in [4.69, 9.17) is 5.73 Å². The van der Waals surface area contributed by atoms with Gasteiger partial charge in [-0.2, -0.15) is 0 Å². The summed E-state index contributed by atoms with van der Waals surface area (Å²) in [7, 11) is 0. The van der Waals surface area contributed by atoms with E-state index in [1.807, 2.05) is 12.1 Å². The van der Waals surface area contributed by atoms with Crippen LogP contribution in [0.1, 0.15) is 19.3 Å². The van der Waals surface area contributed by atoms with Crippen LogP contribution in [0.4, 0.5) is 11.5 Å². The lowest BCUT2D eigenvalue weighted by Gasteiger charge is -2.10. The number of hydrogen-bond donors (Lipinski definition) is 3. The molecule has 4 nitrogen and oxygen atoms in total. The molecule has 1 aliphatic heterocycles. The van der Waals surface area contributed by atoms with Gasteiger partial charge < -0.3 is 16.4 Å². The van der Waals surface area contributed by atoms with Crippen LogP contribution in [0, 0.1) is 0 Å². The summed E-state index contributed by atoms with van der Waals surface area (Å²) < 4.78 is 0. The first-order valence-corrected chi connectivity index (χ1v) is 5.53. The van der Waals surface area contributed by atoms with Gasteiger partial charge in [-0.15, -0.1) is 0 Å². The summed E-state index contributed by atoms with van der Waals surface area (Å²) in [5, 5.41) is 6.76. The monoisotopic (exact) mass is 206 g/mol. The molecule has 0 saturated carbocycles. The van der Waals surface area contributed by atoms with Crippen molar-refractivity contribution in [2.24, 2.45) is 0 Å². The summed E-state index contributed by atoms with van der Waals surface area (Å²) in [6.07, 6.45) is 5.45. The number of rotatable bonds is 4. The van der Waals surface area contributed by atoms with Gasteiger partial charge in [0.25, 0.3) is 0 Å². The highest BCUT2D eigenvalue weighted by Crippen LogP contribution is 2.10. The highest BCUT2D eigenvalue weighted by atomic mass is 15.0. The number of anilines is 2. The normalized spacial score (nSPS) is 20.4. The molecule has 15 heavy (non-hydrogen) atoms. The molecule has 1 fully saturated rings. The highest BCUT2D eigenvalue weighted by molar-refractivity contribution is 5.43. The summed E-state index contributed by atoms with van der Waals surface area (Å²) in [6, 6.07) is 4.46. The molecule has 4 N–H and O–H groups in total. The Morgan fingerprint density at radius 1 is 1.53 bits per heavy atom. The molecule has 0 amide bonds. The van der Waals surface area contributed by atoms with Gasteiger partial charge in [0.2, 0.25) is 0 Å². The van der Waals surface area contributed by atoms with Crippen molar-refractivity contribution in [3.05, 3.63) is 18.3 Å². The third-order valence-electron chi connectivity index (χ3n) is 2.75. The maximum absolute atomic E-state index is 5.55. The van der Waals surface area contributed by atoms with Crippen LogP contribution >= 0.6 is 0 Å². The van der Waals surface area contributed by atoms with Crippen LogP contribution in [0.2, 0.25) is 0 Å². The molecular formula is C11H18N4. The van der Waals surface area contributed by atoms with E-state index in [1.54, 1.807) is 6.20 Å². The zero-order chi connectivity index (χ0) is 10.5. The predicted molar refractivity (Wildman–Crippen MR) is 62.8 cm³/mol. The van der Waals surface area contributed by atoms with Crippen LogP contribution in [0.3, 0.4) is 0 Å². The molecule has 0 radical (unpaired) electrons. The number of pyridine rings is 1. The fourth-order valence-corrected chi connectivity index (χ4v) is 1.89. The maximum Gasteiger partial charge on any atom is 0.126 e. The smallest absolute Gasteiger partial charge is 0.126 e. The van der Waals surface area contributed by atoms with E-state index < -0.39 is 0 Å². The van der Waals surface area contributed by atoms with Gasteiger partial charge in [0, 0.05) is 12.6 Å². The molecule has 0 spiro atoms. The van der Waals surface area contributed by atoms with Gasteiger partial charge in [-0.25, -0.2) is 4.98 Å². The minimum atomic E-state index is 0.686. The lowest BCUT2D eigenvalue weighted by Crippen LogP contribution is -2.24. The second kappa shape index (κ2) is 4.98. The Hall–Kier alpha value is -1.29. The minimum absolute atomic E-state index is 0.686. The first kappa shape index (κ1) is 10.2. The van der Waals surface area contributed by atoms with Crippen LogP contribution in [0.15, 0.2) is 18.3 Å². The lowest BCUT2D eigenvalue weighted by molar-refractivity contribution is 0.574. The fraction of sp³-hybridized carbons (Fsp3) is 0.545. The minimum Gasteiger partial charge on any atom is -0.397 e. The molecule has 0 aromatic carbocycles. The Morgan fingerprint density at radius 2 is 2.47 bits per heavy atom. The first-order chi connectivity index (χ1) is 7.34. The van der Waals surface area contributed by atoms with E-state index in [-0.39, 0.29) is 0 Å². The van der Waals surface area contributed by atoms with Gasteiger partial charge in [-0.1, -0.05) is 0 Å². The van der Waals surface area contributed by atoms with E-state index in [1.165, 1.54) is 19.4 Å². The SMILES string of the molecule is Nc1ccc(NCCC2CCCN2)nc1. The van der Waals surface area contributed by atoms with Gasteiger partial charge in [-0.05, 0) is 37.9 Å². The van der Waals surface area contributed by atoms with Crippen molar-refractivity contribution in [1.82, 2.24) is 10.3 Å². The number of nitrogen functional groups attached to an aromatic ring is 1. The molecule has 4 heteroatoms. The third kappa shape index (κ3) is 3.09. The lowest BCUT2D eigenvalue weighted by atomic mass is 10.1. The van der Waals surface area contributed by atoms with E-state index in [0.717, 1.165) is 18.8 Å². The molecule has 0 bridgehead atoms. The van der Waals surface area contributed by atoms with Gasteiger partial charge in [-0.3, -0.25) is 0 Å². The van der Waals surface area contributed by atoms with E-state index >= 15 is 0 Å². The van der Waals surface area contributed by atoms with Crippen molar-refractivity contribution in [1.29, 1.82) is 0 Å². The molecule has 1 unspecified atom stereocenters. The third-order valence-corrected chi connectivity index (χ3v) is 2.75. The number of nitrogens with two attached hydrogens (primary N) is 1. The Morgan fingerprint density at radius 3 is 3.13 bits per heavy atom. The molecule has 82 valence electrons. The van der Waals surface area contributed by atoms with Crippen LogP contribution in [-0.4, -0.2) is 24.1 Å². The second-order valence-electron chi connectivity index (χ2n) is 3.99. The topological polar surface area (TPSA) is 63.0 Å². The Labute approximate surface area is 90.3 Å². The number of aromatic nitrogens is 1. The predicted octanol–water partition coefficient (Wildman–Crippen LogP) is 1.22. The average molecular weight is 206 g/mol. The van der Waals surface area contributed by atoms with E-state index in [2.05, 4.69) is 15.6 Å². The van der Waals surface area contributed by atoms with Gasteiger partial charge >= 0.3 is 0 Å². The summed E-state index contributed by atoms with van der Waals surface area (Å²) in [5.74, 6) is 0.905. The van der Waals surface area contributed by atoms with Crippen molar-refractivity contribution < 1.29 is 0 Å². The Balaban J connectivity index is 1.71. The zero-order valence-electron chi connectivity index (χ0n) is 8.87. The molecule has 1 aromatic heterocycles. The largest absolute Gasteiger partial charge is 0.397 e. The van der Waals surface area contributed by atoms with Gasteiger partial charge in [0.1, 0.15) is 5.82 Å². The molecule has 1 saturated heterocycles. The molecule has 1 atom stereocenters. The summed E-state index contributed by atoms with van der Waals surface area (Å²) in [5.41, 5.74) is 6.26. The fourth-order valence-electron chi connectivity index (χ4n) is 1.89. The summed E-state index contributed by atoms with van der Waals surface area (Å²) in [6.45, 7) is 2.14.